The fraction of sp³-hybridized carbons (Fsp3) is 0.267. The Morgan fingerprint density at radius 1 is 1.22 bits per heavy atom. The number of thiophene rings is 1. The summed E-state index contributed by atoms with van der Waals surface area (Å²) in [4.78, 5) is 11.6. The molecule has 0 radical (unpaired) electrons. The number of carbonyl (C=O) groups is 1. The van der Waals surface area contributed by atoms with E-state index in [2.05, 4.69) is 0 Å². The van der Waals surface area contributed by atoms with E-state index >= 15 is 0 Å². The molecule has 2 atom stereocenters. The summed E-state index contributed by atoms with van der Waals surface area (Å²) in [6, 6.07) is 7.14. The van der Waals surface area contributed by atoms with Crippen molar-refractivity contribution in [1.82, 2.24) is 0 Å². The molecule has 3 nitrogen and oxygen atoms in total. The largest absolute Gasteiger partial charge is 0.550 e. The van der Waals surface area contributed by atoms with Crippen molar-refractivity contribution in [1.29, 1.82) is 0 Å². The average molecular weight is 364 g/mol. The monoisotopic (exact) mass is 363 g/mol. The van der Waals surface area contributed by atoms with Gasteiger partial charge in [-0.2, -0.15) is 13.2 Å². The molecule has 0 saturated carbocycles. The number of benzene rings is 1. The second-order valence-corrected chi connectivity index (χ2v) is 6.66. The van der Waals surface area contributed by atoms with Crippen LogP contribution < -0.4 is 5.11 Å². The van der Waals surface area contributed by atoms with Gasteiger partial charge in [-0.1, -0.05) is 23.7 Å². The SMILES string of the molecule is O=C([O-])C(Cc1ccc(C(F)(F)F)cc1)C(O)c1ccc(Cl)s1. The predicted octanol–water partition coefficient (Wildman–Crippen LogP) is 3.06. The van der Waals surface area contributed by atoms with Gasteiger partial charge in [0.1, 0.15) is 0 Å². The Morgan fingerprint density at radius 2 is 1.83 bits per heavy atom. The molecule has 1 N–H and O–H groups in total. The van der Waals surface area contributed by atoms with Crippen molar-refractivity contribution in [3.05, 3.63) is 56.7 Å². The van der Waals surface area contributed by atoms with Crippen LogP contribution in [0.25, 0.3) is 0 Å². The van der Waals surface area contributed by atoms with Crippen LogP contribution in [-0.2, 0) is 17.4 Å². The highest BCUT2D eigenvalue weighted by Gasteiger charge is 2.30. The zero-order valence-electron chi connectivity index (χ0n) is 11.5. The summed E-state index contributed by atoms with van der Waals surface area (Å²) in [5.74, 6) is -2.77. The molecule has 0 aliphatic carbocycles. The number of halogens is 4. The first kappa shape index (κ1) is 17.8. The molecule has 0 bridgehead atoms. The van der Waals surface area contributed by atoms with Crippen LogP contribution in [0.1, 0.15) is 22.1 Å². The third-order valence-electron chi connectivity index (χ3n) is 3.31. The minimum Gasteiger partial charge on any atom is -0.550 e. The van der Waals surface area contributed by atoms with Crippen LogP contribution in [0.15, 0.2) is 36.4 Å². The molecule has 1 aromatic heterocycles. The molecule has 1 aromatic carbocycles. The highest BCUT2D eigenvalue weighted by molar-refractivity contribution is 7.16. The van der Waals surface area contributed by atoms with Crippen LogP contribution in [0.2, 0.25) is 4.34 Å². The molecule has 0 amide bonds. The van der Waals surface area contributed by atoms with Gasteiger partial charge in [0.05, 0.1) is 16.0 Å². The highest BCUT2D eigenvalue weighted by atomic mass is 35.5. The summed E-state index contributed by atoms with van der Waals surface area (Å²) in [6.07, 6.45) is -5.96. The number of aliphatic hydroxyl groups excluding tert-OH is 1. The summed E-state index contributed by atoms with van der Waals surface area (Å²) in [6.45, 7) is 0. The maximum Gasteiger partial charge on any atom is 0.416 e. The molecule has 2 rings (SSSR count). The number of carboxylic acid groups (broad SMARTS) is 1. The number of hydrogen-bond donors (Lipinski definition) is 1. The summed E-state index contributed by atoms with van der Waals surface area (Å²) in [5.41, 5.74) is -0.467. The van der Waals surface area contributed by atoms with Crippen LogP contribution in [-0.4, -0.2) is 11.1 Å². The number of alkyl halides is 3. The second-order valence-electron chi connectivity index (χ2n) is 4.91. The number of carboxylic acids is 1. The summed E-state index contributed by atoms with van der Waals surface area (Å²) >= 11 is 6.78. The van der Waals surface area contributed by atoms with E-state index in [1.807, 2.05) is 0 Å². The van der Waals surface area contributed by atoms with Crippen LogP contribution in [0.5, 0.6) is 0 Å². The Morgan fingerprint density at radius 3 is 2.26 bits per heavy atom. The minimum atomic E-state index is -4.46. The van der Waals surface area contributed by atoms with Crippen LogP contribution >= 0.6 is 22.9 Å². The molecule has 124 valence electrons. The molecule has 0 fully saturated rings. The van der Waals surface area contributed by atoms with Crippen LogP contribution in [0.4, 0.5) is 13.2 Å². The second kappa shape index (κ2) is 6.90. The number of aliphatic hydroxyl groups is 1. The van der Waals surface area contributed by atoms with E-state index in [4.69, 9.17) is 11.6 Å². The van der Waals surface area contributed by atoms with Gasteiger partial charge in [0.25, 0.3) is 0 Å². The van der Waals surface area contributed by atoms with Crippen molar-refractivity contribution in [3.8, 4) is 0 Å². The lowest BCUT2D eigenvalue weighted by Gasteiger charge is -2.23. The maximum absolute atomic E-state index is 12.5. The smallest absolute Gasteiger partial charge is 0.416 e. The summed E-state index contributed by atoms with van der Waals surface area (Å²) in [5, 5.41) is 21.4. The fourth-order valence-electron chi connectivity index (χ4n) is 2.09. The van der Waals surface area contributed by atoms with E-state index in [1.54, 1.807) is 0 Å². The first-order chi connectivity index (χ1) is 10.7. The van der Waals surface area contributed by atoms with Crippen LogP contribution in [0, 0.1) is 5.92 Å². The van der Waals surface area contributed by atoms with Gasteiger partial charge in [-0.25, -0.2) is 0 Å². The number of carbonyl (C=O) groups excluding carboxylic acids is 1. The Labute approximate surface area is 139 Å². The van der Waals surface area contributed by atoms with Gasteiger partial charge in [-0.15, -0.1) is 11.3 Å². The Bertz CT molecular complexity index is 682. The third kappa shape index (κ3) is 4.46. The zero-order chi connectivity index (χ0) is 17.2. The van der Waals surface area contributed by atoms with Crippen molar-refractivity contribution < 1.29 is 28.2 Å². The van der Waals surface area contributed by atoms with Crippen molar-refractivity contribution in [2.45, 2.75) is 18.7 Å². The molecule has 23 heavy (non-hydrogen) atoms. The predicted molar refractivity (Wildman–Crippen MR) is 77.9 cm³/mol. The van der Waals surface area contributed by atoms with Crippen LogP contribution in [0.3, 0.4) is 0 Å². The maximum atomic E-state index is 12.5. The van der Waals surface area contributed by atoms with E-state index < -0.39 is 29.7 Å². The molecule has 2 unspecified atom stereocenters. The Kier molecular flexibility index (Phi) is 5.33. The lowest BCUT2D eigenvalue weighted by Crippen LogP contribution is -2.36. The summed E-state index contributed by atoms with van der Waals surface area (Å²) < 4.78 is 37.9. The number of aliphatic carboxylic acids is 1. The van der Waals surface area contributed by atoms with Crippen molar-refractivity contribution >= 4 is 28.9 Å². The lowest BCUT2D eigenvalue weighted by molar-refractivity contribution is -0.314. The van der Waals surface area contributed by atoms with Crippen molar-refractivity contribution in [2.75, 3.05) is 0 Å². The van der Waals surface area contributed by atoms with Gasteiger partial charge in [0.15, 0.2) is 0 Å². The minimum absolute atomic E-state index is 0.156. The van der Waals surface area contributed by atoms with Crippen molar-refractivity contribution in [3.63, 3.8) is 0 Å². The first-order valence-corrected chi connectivity index (χ1v) is 7.68. The highest BCUT2D eigenvalue weighted by Crippen LogP contribution is 2.33. The Balaban J connectivity index is 2.18. The first-order valence-electron chi connectivity index (χ1n) is 6.49. The Hall–Kier alpha value is -1.57. The topological polar surface area (TPSA) is 60.4 Å². The molecule has 2 aromatic rings. The molecule has 1 heterocycles. The van der Waals surface area contributed by atoms with E-state index in [0.717, 1.165) is 23.5 Å². The van der Waals surface area contributed by atoms with E-state index in [-0.39, 0.29) is 6.42 Å². The van der Waals surface area contributed by atoms with E-state index in [9.17, 15) is 28.2 Å². The molecular formula is C15H11ClF3O3S-. The van der Waals surface area contributed by atoms with Gasteiger partial charge in [0.2, 0.25) is 0 Å². The quantitative estimate of drug-likeness (QED) is 0.888. The summed E-state index contributed by atoms with van der Waals surface area (Å²) in [7, 11) is 0. The fourth-order valence-corrected chi connectivity index (χ4v) is 3.21. The third-order valence-corrected chi connectivity index (χ3v) is 4.61. The standard InChI is InChI=1S/C15H12ClF3O3S/c16-12-6-5-11(23-12)13(20)10(14(21)22)7-8-1-3-9(4-2-8)15(17,18)19/h1-6,10,13,20H,7H2,(H,21,22)/p-1. The molecule has 0 aliphatic rings. The molecule has 0 saturated heterocycles. The van der Waals surface area contributed by atoms with Gasteiger partial charge >= 0.3 is 6.18 Å². The van der Waals surface area contributed by atoms with E-state index in [0.29, 0.717) is 14.8 Å². The van der Waals surface area contributed by atoms with Gasteiger partial charge in [0, 0.05) is 16.8 Å². The lowest BCUT2D eigenvalue weighted by atomic mass is 9.92. The molecule has 0 aliphatic heterocycles. The number of rotatable bonds is 5. The number of hydrogen-bond acceptors (Lipinski definition) is 4. The van der Waals surface area contributed by atoms with E-state index in [1.165, 1.54) is 24.3 Å². The molecule has 0 spiro atoms. The average Bonchev–Trinajstić information content (AvgIpc) is 2.90. The van der Waals surface area contributed by atoms with Gasteiger partial charge in [-0.05, 0) is 36.2 Å². The van der Waals surface area contributed by atoms with Gasteiger partial charge < -0.3 is 15.0 Å². The molecular weight excluding hydrogens is 353 g/mol. The zero-order valence-corrected chi connectivity index (χ0v) is 13.1. The normalized spacial score (nSPS) is 14.5. The molecule has 8 heteroatoms. The van der Waals surface area contributed by atoms with Gasteiger partial charge in [-0.3, -0.25) is 0 Å². The van der Waals surface area contributed by atoms with Crippen molar-refractivity contribution in [2.24, 2.45) is 5.92 Å².